The fraction of sp³-hybridized carbons (Fsp3) is 0.600. The molecule has 2 atom stereocenters. The molecule has 8 rings (SSSR count). The molecule has 266 valence electrons. The van der Waals surface area contributed by atoms with Crippen LogP contribution in [0, 0.1) is 0 Å². The van der Waals surface area contributed by atoms with Gasteiger partial charge in [-0.2, -0.15) is 5.10 Å². The molecule has 0 bridgehead atoms. The number of alkyl carbamates (subject to hydrolysis) is 1. The Morgan fingerprint density at radius 3 is 2.58 bits per heavy atom. The Labute approximate surface area is 294 Å². The van der Waals surface area contributed by atoms with E-state index in [1.807, 2.05) is 6.07 Å². The molecular formula is C35H44N8O7. The van der Waals surface area contributed by atoms with Crippen molar-refractivity contribution in [1.29, 1.82) is 0 Å². The predicted octanol–water partition coefficient (Wildman–Crippen LogP) is 4.52. The minimum atomic E-state index is -2.80. The number of hydrogen-bond acceptors (Lipinski definition) is 11. The van der Waals surface area contributed by atoms with Crippen molar-refractivity contribution in [2.75, 3.05) is 32.2 Å². The van der Waals surface area contributed by atoms with Gasteiger partial charge in [0.25, 0.3) is 0 Å². The fourth-order valence-electron chi connectivity index (χ4n) is 8.20. The number of rotatable bonds is 8. The van der Waals surface area contributed by atoms with Crippen molar-refractivity contribution in [2.24, 2.45) is 6.98 Å². The Kier molecular flexibility index (Phi) is 7.16. The van der Waals surface area contributed by atoms with Crippen LogP contribution in [0.1, 0.15) is 94.1 Å². The van der Waals surface area contributed by atoms with Gasteiger partial charge in [0, 0.05) is 47.4 Å². The minimum Gasteiger partial charge on any atom is -0.464 e. The number of pyridine rings is 2. The highest BCUT2D eigenvalue weighted by Gasteiger charge is 2.50. The predicted molar refractivity (Wildman–Crippen MR) is 182 cm³/mol. The summed E-state index contributed by atoms with van der Waals surface area (Å²) in [6.45, 7) is 0.380. The van der Waals surface area contributed by atoms with Crippen molar-refractivity contribution < 1.29 is 34.0 Å². The second kappa shape index (κ2) is 12.7. The summed E-state index contributed by atoms with van der Waals surface area (Å²) in [5, 5.41) is 11.4. The summed E-state index contributed by atoms with van der Waals surface area (Å²) in [6.07, 6.45) is 8.04. The summed E-state index contributed by atoms with van der Waals surface area (Å²) in [5.74, 6) is -0.0534. The molecule has 5 heterocycles. The number of anilines is 2. The number of carbonyl (C=O) groups excluding carboxylic acids is 2. The molecule has 1 aliphatic heterocycles. The molecule has 4 fully saturated rings. The van der Waals surface area contributed by atoms with E-state index in [0.717, 1.165) is 47.6 Å². The standard InChI is InChI=1S/C35H44N8O7/c1-4-48-31(44)34(10-5-11-34)43-30-25(19-37-43)24(21-8-12-35(13-9-21)49-14-15-50-35)17-29(40-30)39-28-18-26-27(20-36-28)41(2)33(46)42(26)23-7-6-22(16-23)38-32(45)47-3/h17-23H,4-16H2,1-3H3,(H,38,45)(H,36,39,40)/t22-,23-/m1/s1/i2D3,22D. The molecule has 4 aliphatic rings. The van der Waals surface area contributed by atoms with Gasteiger partial charge in [-0.15, -0.1) is 0 Å². The number of amides is 1. The van der Waals surface area contributed by atoms with Gasteiger partial charge in [-0.3, -0.25) is 9.13 Å². The van der Waals surface area contributed by atoms with Gasteiger partial charge in [0.15, 0.2) is 17.0 Å². The Bertz CT molecular complexity index is 2160. The Hall–Kier alpha value is -4.50. The number of hydrogen-bond donors (Lipinski definition) is 2. The van der Waals surface area contributed by atoms with Gasteiger partial charge in [-0.05, 0) is 75.8 Å². The maximum Gasteiger partial charge on any atom is 0.407 e. The Morgan fingerprint density at radius 2 is 1.88 bits per heavy atom. The number of ether oxygens (including phenoxy) is 4. The highest BCUT2D eigenvalue weighted by Crippen LogP contribution is 2.46. The lowest BCUT2D eigenvalue weighted by Crippen LogP contribution is -2.49. The van der Waals surface area contributed by atoms with Crippen LogP contribution >= 0.6 is 0 Å². The Balaban J connectivity index is 1.20. The van der Waals surface area contributed by atoms with Gasteiger partial charge < -0.3 is 29.6 Å². The average molecular weight is 693 g/mol. The van der Waals surface area contributed by atoms with Gasteiger partial charge in [0.1, 0.15) is 11.6 Å². The lowest BCUT2D eigenvalue weighted by molar-refractivity contribution is -0.178. The smallest absolute Gasteiger partial charge is 0.407 e. The highest BCUT2D eigenvalue weighted by molar-refractivity contribution is 5.87. The molecule has 1 spiro atoms. The normalized spacial score (nSPS) is 25.8. The van der Waals surface area contributed by atoms with Crippen molar-refractivity contribution >= 4 is 45.8 Å². The molecule has 3 saturated carbocycles. The van der Waals surface area contributed by atoms with Crippen LogP contribution in [0.15, 0.2) is 29.3 Å². The zero-order valence-electron chi connectivity index (χ0n) is 32.2. The van der Waals surface area contributed by atoms with Crippen molar-refractivity contribution in [3.05, 3.63) is 40.6 Å². The lowest BCUT2D eigenvalue weighted by atomic mass is 9.76. The topological polar surface area (TPSA) is 166 Å². The van der Waals surface area contributed by atoms with E-state index >= 15 is 0 Å². The summed E-state index contributed by atoms with van der Waals surface area (Å²) < 4.78 is 59.3. The van der Waals surface area contributed by atoms with E-state index < -0.39 is 42.1 Å². The van der Waals surface area contributed by atoms with Crippen molar-refractivity contribution in [3.63, 3.8) is 0 Å². The molecule has 2 N–H and O–H groups in total. The van der Waals surface area contributed by atoms with Crippen molar-refractivity contribution in [1.82, 2.24) is 34.2 Å². The molecule has 1 saturated heterocycles. The third kappa shape index (κ3) is 5.41. The van der Waals surface area contributed by atoms with E-state index in [4.69, 9.17) is 34.5 Å². The summed E-state index contributed by atoms with van der Waals surface area (Å²) in [6, 6.07) is 1.56. The van der Waals surface area contributed by atoms with E-state index in [0.29, 0.717) is 55.3 Å². The first-order valence-electron chi connectivity index (χ1n) is 19.4. The van der Waals surface area contributed by atoms with Crippen LogP contribution < -0.4 is 16.3 Å². The van der Waals surface area contributed by atoms with Gasteiger partial charge in [0.05, 0.1) is 51.7 Å². The zero-order valence-corrected chi connectivity index (χ0v) is 28.2. The lowest BCUT2D eigenvalue weighted by Gasteiger charge is -2.39. The molecule has 1 amide bonds. The first kappa shape index (κ1) is 28.2. The van der Waals surface area contributed by atoms with Crippen molar-refractivity contribution in [3.8, 4) is 0 Å². The van der Waals surface area contributed by atoms with E-state index in [-0.39, 0.29) is 36.9 Å². The number of nitrogens with one attached hydrogen (secondary N) is 2. The Morgan fingerprint density at radius 1 is 1.08 bits per heavy atom. The molecule has 15 heteroatoms. The maximum atomic E-state index is 13.8. The van der Waals surface area contributed by atoms with Crippen molar-refractivity contribution in [2.45, 2.75) is 100 Å². The molecule has 4 aromatic heterocycles. The maximum absolute atomic E-state index is 13.8. The van der Waals surface area contributed by atoms with Crippen LogP contribution in [0.4, 0.5) is 16.4 Å². The van der Waals surface area contributed by atoms with Crippen LogP contribution in [0.5, 0.6) is 0 Å². The number of methoxy groups -OCH3 is 1. The minimum absolute atomic E-state index is 0.0553. The monoisotopic (exact) mass is 692 g/mol. The number of esters is 1. The summed E-state index contributed by atoms with van der Waals surface area (Å²) in [4.78, 5) is 48.8. The number of fused-ring (bicyclic) bond motifs is 2. The second-order valence-corrected chi connectivity index (χ2v) is 13.7. The number of imidazole rings is 1. The number of carbonyl (C=O) groups is 2. The van der Waals surface area contributed by atoms with E-state index in [2.05, 4.69) is 15.6 Å². The first-order chi connectivity index (χ1) is 25.8. The average Bonchev–Trinajstić information content (AvgIpc) is 3.89. The van der Waals surface area contributed by atoms with Crippen LogP contribution in [-0.2, 0) is 36.3 Å². The van der Waals surface area contributed by atoms with Crippen LogP contribution in [0.3, 0.4) is 0 Å². The van der Waals surface area contributed by atoms with Crippen LogP contribution in [0.25, 0.3) is 22.1 Å². The quantitative estimate of drug-likeness (QED) is 0.250. The molecule has 0 aromatic carbocycles. The summed E-state index contributed by atoms with van der Waals surface area (Å²) in [7, 11) is 1.21. The highest BCUT2D eigenvalue weighted by atomic mass is 16.7. The summed E-state index contributed by atoms with van der Waals surface area (Å²) in [5.41, 5.74) is 0.200. The van der Waals surface area contributed by atoms with Gasteiger partial charge >= 0.3 is 17.8 Å². The molecule has 50 heavy (non-hydrogen) atoms. The van der Waals surface area contributed by atoms with E-state index in [9.17, 15) is 14.4 Å². The van der Waals surface area contributed by atoms with Gasteiger partial charge in [-0.25, -0.2) is 29.0 Å². The SMILES string of the molecule is [2H]C([2H])([2H])n1c(=O)n([C@@H]2CC[C@@]([2H])(NC(=O)OC)C2)c2cc(Nc3cc(C4CCC5(CC4)OCCO5)c4cnn(C5(C(=O)OCC)CCC5)c4n3)ncc21. The number of nitrogens with zero attached hydrogens (tertiary/aromatic N) is 6. The molecule has 0 unspecified atom stereocenters. The number of aryl methyl sites for hydroxylation is 1. The molecule has 0 radical (unpaired) electrons. The molecule has 15 nitrogen and oxygen atoms in total. The molecule has 3 aliphatic carbocycles. The van der Waals surface area contributed by atoms with Gasteiger partial charge in [0.2, 0.25) is 0 Å². The third-order valence-electron chi connectivity index (χ3n) is 10.9. The summed E-state index contributed by atoms with van der Waals surface area (Å²) >= 11 is 0. The van der Waals surface area contributed by atoms with E-state index in [1.165, 1.54) is 17.9 Å². The van der Waals surface area contributed by atoms with Crippen LogP contribution in [-0.4, -0.2) is 79.7 Å². The van der Waals surface area contributed by atoms with E-state index in [1.54, 1.807) is 23.9 Å². The number of aromatic nitrogens is 6. The van der Waals surface area contributed by atoms with Crippen LogP contribution in [0.2, 0.25) is 0 Å². The largest absolute Gasteiger partial charge is 0.464 e. The third-order valence-corrected chi connectivity index (χ3v) is 10.9. The van der Waals surface area contributed by atoms with Gasteiger partial charge in [-0.1, -0.05) is 0 Å². The fourth-order valence-corrected chi connectivity index (χ4v) is 8.20. The zero-order chi connectivity index (χ0) is 38.0. The second-order valence-electron chi connectivity index (χ2n) is 13.7. The molecular weight excluding hydrogens is 644 g/mol. The first-order valence-corrected chi connectivity index (χ1v) is 17.4. The molecule has 4 aromatic rings.